The number of aromatic nitrogens is 2. The fourth-order valence-electron chi connectivity index (χ4n) is 3.77. The van der Waals surface area contributed by atoms with E-state index in [0.717, 1.165) is 34.5 Å². The van der Waals surface area contributed by atoms with Crippen molar-refractivity contribution >= 4 is 21.6 Å². The number of aliphatic hydroxyl groups excluding tert-OH is 1. The minimum absolute atomic E-state index is 0.105. The molecule has 0 saturated carbocycles. The van der Waals surface area contributed by atoms with E-state index in [1.807, 2.05) is 29.7 Å². The van der Waals surface area contributed by atoms with Crippen LogP contribution in [0.5, 0.6) is 0 Å². The highest BCUT2D eigenvalue weighted by atomic mass is 32.1. The molecule has 3 rings (SSSR count). The lowest BCUT2D eigenvalue weighted by Gasteiger charge is -2.26. The summed E-state index contributed by atoms with van der Waals surface area (Å²) in [6, 6.07) is 8.08. The number of hydrogen-bond donors (Lipinski definition) is 2. The molecular formula is C24H31N3O2S. The molecule has 6 heteroatoms. The van der Waals surface area contributed by atoms with E-state index in [0.29, 0.717) is 36.6 Å². The van der Waals surface area contributed by atoms with Crippen molar-refractivity contribution in [2.75, 3.05) is 13.1 Å². The maximum Gasteiger partial charge on any atom is 0.260 e. The average molecular weight is 426 g/mol. The van der Waals surface area contributed by atoms with Crippen LogP contribution in [0.3, 0.4) is 0 Å². The highest BCUT2D eigenvalue weighted by molar-refractivity contribution is 7.17. The summed E-state index contributed by atoms with van der Waals surface area (Å²) in [5.41, 5.74) is 3.03. The molecule has 0 aliphatic heterocycles. The van der Waals surface area contributed by atoms with Crippen molar-refractivity contribution < 1.29 is 5.11 Å². The standard InChI is InChI=1S/C24H31N3O2S/c1-5-6-10-18(28)13-27(12-16(2)3)14-21-25-23(29)22-20(15-30-24(22)26-21)19-11-8-7-9-17(19)4/h5,7-9,11,15-16,18,28H,1,6,10,12-14H2,2-4H3,(H,25,26,29). The molecular weight excluding hydrogens is 394 g/mol. The Balaban J connectivity index is 1.88. The molecule has 0 aliphatic rings. The number of hydrogen-bond acceptors (Lipinski definition) is 5. The van der Waals surface area contributed by atoms with E-state index in [2.05, 4.69) is 43.3 Å². The van der Waals surface area contributed by atoms with E-state index >= 15 is 0 Å². The molecule has 0 aliphatic carbocycles. The molecule has 2 heterocycles. The molecule has 0 saturated heterocycles. The Kier molecular flexibility index (Phi) is 7.58. The Morgan fingerprint density at radius 3 is 2.73 bits per heavy atom. The summed E-state index contributed by atoms with van der Waals surface area (Å²) in [4.78, 5) is 23.6. The lowest BCUT2D eigenvalue weighted by atomic mass is 10.0. The number of nitrogens with one attached hydrogen (secondary N) is 1. The van der Waals surface area contributed by atoms with E-state index in [9.17, 15) is 9.90 Å². The summed E-state index contributed by atoms with van der Waals surface area (Å²) in [5, 5.41) is 13.0. The number of fused-ring (bicyclic) bond motifs is 1. The number of allylic oxidation sites excluding steroid dienone is 1. The van der Waals surface area contributed by atoms with Gasteiger partial charge in [0, 0.05) is 24.0 Å². The number of rotatable bonds is 10. The number of aryl methyl sites for hydroxylation is 1. The second-order valence-corrected chi connectivity index (χ2v) is 9.12. The van der Waals surface area contributed by atoms with Crippen LogP contribution in [0.15, 0.2) is 47.1 Å². The van der Waals surface area contributed by atoms with Crippen molar-refractivity contribution in [1.29, 1.82) is 0 Å². The van der Waals surface area contributed by atoms with Gasteiger partial charge in [-0.2, -0.15) is 0 Å². The van der Waals surface area contributed by atoms with Gasteiger partial charge in [0.25, 0.3) is 5.56 Å². The Hall–Kier alpha value is -2.28. The molecule has 3 aromatic rings. The van der Waals surface area contributed by atoms with Crippen LogP contribution in [-0.2, 0) is 6.54 Å². The normalized spacial score (nSPS) is 12.7. The van der Waals surface area contributed by atoms with Crippen LogP contribution in [0.2, 0.25) is 0 Å². The SMILES string of the molecule is C=CCCC(O)CN(Cc1nc2scc(-c3ccccc3C)c2c(=O)[nH]1)CC(C)C. The quantitative estimate of drug-likeness (QED) is 0.460. The number of H-pyrrole nitrogens is 1. The lowest BCUT2D eigenvalue weighted by molar-refractivity contribution is 0.0943. The van der Waals surface area contributed by atoms with Crippen LogP contribution < -0.4 is 5.56 Å². The third kappa shape index (κ3) is 5.45. The van der Waals surface area contributed by atoms with E-state index in [-0.39, 0.29) is 5.56 Å². The highest BCUT2D eigenvalue weighted by Gasteiger charge is 2.18. The summed E-state index contributed by atoms with van der Waals surface area (Å²) in [5.74, 6) is 1.09. The lowest BCUT2D eigenvalue weighted by Crippen LogP contribution is -2.35. The van der Waals surface area contributed by atoms with Gasteiger partial charge in [0.15, 0.2) is 0 Å². The monoisotopic (exact) mass is 425 g/mol. The zero-order valence-corrected chi connectivity index (χ0v) is 18.8. The summed E-state index contributed by atoms with van der Waals surface area (Å²) in [6.07, 6.45) is 2.87. The minimum atomic E-state index is -0.424. The molecule has 0 spiro atoms. The Morgan fingerprint density at radius 1 is 1.27 bits per heavy atom. The van der Waals surface area contributed by atoms with Crippen LogP contribution in [0.1, 0.15) is 38.1 Å². The van der Waals surface area contributed by atoms with Crippen molar-refractivity contribution in [2.24, 2.45) is 5.92 Å². The number of aromatic amines is 1. The third-order valence-electron chi connectivity index (χ3n) is 5.10. The first-order chi connectivity index (χ1) is 14.4. The van der Waals surface area contributed by atoms with Gasteiger partial charge in [-0.1, -0.05) is 44.2 Å². The number of nitrogens with zero attached hydrogens (tertiary/aromatic N) is 2. The van der Waals surface area contributed by atoms with Crippen molar-refractivity contribution in [2.45, 2.75) is 46.3 Å². The van der Waals surface area contributed by atoms with E-state index in [1.165, 1.54) is 11.3 Å². The Morgan fingerprint density at radius 2 is 2.03 bits per heavy atom. The van der Waals surface area contributed by atoms with Gasteiger partial charge in [-0.15, -0.1) is 17.9 Å². The first-order valence-electron chi connectivity index (χ1n) is 10.5. The molecule has 0 amide bonds. The van der Waals surface area contributed by atoms with Gasteiger partial charge in [-0.05, 0) is 36.8 Å². The first-order valence-corrected chi connectivity index (χ1v) is 11.3. The van der Waals surface area contributed by atoms with E-state index < -0.39 is 6.10 Å². The second kappa shape index (κ2) is 10.2. The van der Waals surface area contributed by atoms with Gasteiger partial charge in [0.05, 0.1) is 18.0 Å². The van der Waals surface area contributed by atoms with Gasteiger partial charge in [0.1, 0.15) is 10.7 Å². The number of aliphatic hydroxyl groups is 1. The van der Waals surface area contributed by atoms with E-state index in [1.54, 1.807) is 0 Å². The fourth-order valence-corrected chi connectivity index (χ4v) is 4.73. The maximum atomic E-state index is 13.0. The summed E-state index contributed by atoms with van der Waals surface area (Å²) >= 11 is 1.50. The zero-order chi connectivity index (χ0) is 21.7. The van der Waals surface area contributed by atoms with Gasteiger partial charge in [-0.3, -0.25) is 9.69 Å². The van der Waals surface area contributed by atoms with Crippen molar-refractivity contribution in [3.8, 4) is 11.1 Å². The topological polar surface area (TPSA) is 69.2 Å². The third-order valence-corrected chi connectivity index (χ3v) is 5.97. The molecule has 0 fully saturated rings. The predicted octanol–water partition coefficient (Wildman–Crippen LogP) is 4.75. The molecule has 160 valence electrons. The molecule has 0 radical (unpaired) electrons. The predicted molar refractivity (Wildman–Crippen MR) is 126 cm³/mol. The van der Waals surface area contributed by atoms with Gasteiger partial charge in [-0.25, -0.2) is 4.98 Å². The minimum Gasteiger partial charge on any atom is -0.392 e. The van der Waals surface area contributed by atoms with Crippen LogP contribution in [-0.4, -0.2) is 39.2 Å². The van der Waals surface area contributed by atoms with Crippen LogP contribution in [0.25, 0.3) is 21.3 Å². The smallest absolute Gasteiger partial charge is 0.260 e. The first kappa shape index (κ1) is 22.4. The summed E-state index contributed by atoms with van der Waals surface area (Å²) < 4.78 is 0. The van der Waals surface area contributed by atoms with Crippen molar-refractivity contribution in [1.82, 2.24) is 14.9 Å². The zero-order valence-electron chi connectivity index (χ0n) is 18.0. The van der Waals surface area contributed by atoms with Crippen LogP contribution >= 0.6 is 11.3 Å². The Labute approximate surface area is 182 Å². The number of thiophene rings is 1. The molecule has 0 bridgehead atoms. The van der Waals surface area contributed by atoms with Crippen LogP contribution in [0, 0.1) is 12.8 Å². The average Bonchev–Trinajstić information content (AvgIpc) is 3.10. The van der Waals surface area contributed by atoms with Crippen molar-refractivity contribution in [3.63, 3.8) is 0 Å². The molecule has 1 aromatic carbocycles. The molecule has 5 nitrogen and oxygen atoms in total. The summed E-state index contributed by atoms with van der Waals surface area (Å²) in [6.45, 7) is 12.0. The molecule has 30 heavy (non-hydrogen) atoms. The number of benzene rings is 1. The van der Waals surface area contributed by atoms with E-state index in [4.69, 9.17) is 4.98 Å². The fraction of sp³-hybridized carbons (Fsp3) is 0.417. The Bertz CT molecular complexity index is 1050. The molecule has 2 N–H and O–H groups in total. The largest absolute Gasteiger partial charge is 0.392 e. The van der Waals surface area contributed by atoms with Crippen LogP contribution in [0.4, 0.5) is 0 Å². The second-order valence-electron chi connectivity index (χ2n) is 8.26. The molecule has 1 unspecified atom stereocenters. The van der Waals surface area contributed by atoms with Crippen molar-refractivity contribution in [3.05, 3.63) is 64.0 Å². The van der Waals surface area contributed by atoms with Gasteiger partial charge >= 0.3 is 0 Å². The highest BCUT2D eigenvalue weighted by Crippen LogP contribution is 2.32. The molecule has 1 atom stereocenters. The van der Waals surface area contributed by atoms with Gasteiger partial charge in [0.2, 0.25) is 0 Å². The summed E-state index contributed by atoms with van der Waals surface area (Å²) in [7, 11) is 0. The maximum absolute atomic E-state index is 13.0. The van der Waals surface area contributed by atoms with Gasteiger partial charge < -0.3 is 10.1 Å². The molecule has 2 aromatic heterocycles.